The quantitative estimate of drug-likeness (QED) is 0.374. The van der Waals surface area contributed by atoms with Gasteiger partial charge in [0.1, 0.15) is 6.54 Å². The van der Waals surface area contributed by atoms with E-state index in [2.05, 4.69) is 10.3 Å². The molecule has 150 valence electrons. The molecule has 1 aromatic carbocycles. The second-order valence-electron chi connectivity index (χ2n) is 5.84. The average molecular weight is 427 g/mol. The first-order valence-corrected chi connectivity index (χ1v) is 9.51. The molecule has 2 amide bonds. The number of non-ortho nitro benzene ring substituents is 1. The van der Waals surface area contributed by atoms with Crippen molar-refractivity contribution in [3.05, 3.63) is 50.0 Å². The van der Waals surface area contributed by atoms with Crippen LogP contribution in [0.5, 0.6) is 0 Å². The third kappa shape index (κ3) is 5.98. The number of rotatable bonds is 9. The Hall–Kier alpha value is -2.56. The van der Waals surface area contributed by atoms with Crippen molar-refractivity contribution in [3.63, 3.8) is 0 Å². The molecule has 0 saturated carbocycles. The van der Waals surface area contributed by atoms with Gasteiger partial charge in [-0.2, -0.15) is 0 Å². The minimum atomic E-state index is -0.597. The Bertz CT molecular complexity index is 873. The molecule has 0 aliphatic heterocycles. The standard InChI is InChI=1S/C17H19ClN4O5S/c1-11-10-28-17(19-11)20-15(23)9-21(6-3-7-27-2)16(24)13-5-4-12(22(25)26)8-14(13)18/h4-5,8,10H,3,6-7,9H2,1-2H3,(H,19,20,23). The summed E-state index contributed by atoms with van der Waals surface area (Å²) in [6.45, 7) is 2.26. The number of hydrogen-bond donors (Lipinski definition) is 1. The summed E-state index contributed by atoms with van der Waals surface area (Å²) in [5.74, 6) is -0.903. The Kier molecular flexibility index (Phi) is 7.85. The molecule has 2 aromatic rings. The largest absolute Gasteiger partial charge is 0.385 e. The van der Waals surface area contributed by atoms with Gasteiger partial charge in [-0.3, -0.25) is 19.7 Å². The number of anilines is 1. The van der Waals surface area contributed by atoms with E-state index in [0.29, 0.717) is 18.2 Å². The molecule has 0 aliphatic carbocycles. The lowest BCUT2D eigenvalue weighted by Gasteiger charge is -2.22. The summed E-state index contributed by atoms with van der Waals surface area (Å²) in [4.78, 5) is 40.9. The molecule has 0 fully saturated rings. The molecule has 2 rings (SSSR count). The van der Waals surface area contributed by atoms with Crippen molar-refractivity contribution >= 4 is 45.6 Å². The zero-order valence-corrected chi connectivity index (χ0v) is 16.9. The van der Waals surface area contributed by atoms with E-state index in [4.69, 9.17) is 16.3 Å². The van der Waals surface area contributed by atoms with E-state index in [1.54, 1.807) is 5.38 Å². The third-order valence-electron chi connectivity index (χ3n) is 3.66. The summed E-state index contributed by atoms with van der Waals surface area (Å²) >= 11 is 7.34. The number of nitrogens with zero attached hydrogens (tertiary/aromatic N) is 3. The predicted octanol–water partition coefficient (Wildman–Crippen LogP) is 3.13. The fraction of sp³-hybridized carbons (Fsp3) is 0.353. The number of nitro benzene ring substituents is 1. The summed E-state index contributed by atoms with van der Waals surface area (Å²) in [5, 5.41) is 15.7. The number of benzene rings is 1. The summed E-state index contributed by atoms with van der Waals surface area (Å²) in [7, 11) is 1.54. The van der Waals surface area contributed by atoms with Crippen molar-refractivity contribution in [1.29, 1.82) is 0 Å². The van der Waals surface area contributed by atoms with Crippen molar-refractivity contribution < 1.29 is 19.2 Å². The molecule has 0 radical (unpaired) electrons. The van der Waals surface area contributed by atoms with Crippen LogP contribution in [0.3, 0.4) is 0 Å². The van der Waals surface area contributed by atoms with Crippen LogP contribution >= 0.6 is 22.9 Å². The number of thiazole rings is 1. The van der Waals surface area contributed by atoms with Crippen LogP contribution in [0.15, 0.2) is 23.6 Å². The predicted molar refractivity (Wildman–Crippen MR) is 106 cm³/mol. The normalized spacial score (nSPS) is 10.5. The topological polar surface area (TPSA) is 115 Å². The lowest BCUT2D eigenvalue weighted by atomic mass is 10.1. The van der Waals surface area contributed by atoms with Gasteiger partial charge in [-0.1, -0.05) is 11.6 Å². The number of methoxy groups -OCH3 is 1. The first-order valence-electron chi connectivity index (χ1n) is 8.26. The smallest absolute Gasteiger partial charge is 0.270 e. The van der Waals surface area contributed by atoms with Crippen molar-refractivity contribution in [2.45, 2.75) is 13.3 Å². The SMILES string of the molecule is COCCCN(CC(=O)Nc1nc(C)cs1)C(=O)c1ccc([N+](=O)[O-])cc1Cl. The highest BCUT2D eigenvalue weighted by molar-refractivity contribution is 7.13. The Labute approximate surface area is 170 Å². The van der Waals surface area contributed by atoms with Crippen LogP contribution in [0.1, 0.15) is 22.5 Å². The third-order valence-corrected chi connectivity index (χ3v) is 4.85. The number of carbonyl (C=O) groups is 2. The molecule has 0 aliphatic rings. The van der Waals surface area contributed by atoms with Gasteiger partial charge in [0.15, 0.2) is 5.13 Å². The van der Waals surface area contributed by atoms with Crippen LogP contribution in [-0.2, 0) is 9.53 Å². The van der Waals surface area contributed by atoms with Crippen molar-refractivity contribution in [2.24, 2.45) is 0 Å². The van der Waals surface area contributed by atoms with Crippen LogP contribution in [0.4, 0.5) is 10.8 Å². The monoisotopic (exact) mass is 426 g/mol. The van der Waals surface area contributed by atoms with E-state index in [0.717, 1.165) is 11.8 Å². The highest BCUT2D eigenvalue weighted by Crippen LogP contribution is 2.24. The number of amides is 2. The van der Waals surface area contributed by atoms with Crippen molar-refractivity contribution in [2.75, 3.05) is 32.1 Å². The van der Waals surface area contributed by atoms with E-state index in [9.17, 15) is 19.7 Å². The fourth-order valence-corrected chi connectivity index (χ4v) is 3.32. The van der Waals surface area contributed by atoms with Crippen molar-refractivity contribution in [3.8, 4) is 0 Å². The zero-order chi connectivity index (χ0) is 20.7. The minimum absolute atomic E-state index is 0.0492. The molecule has 0 atom stereocenters. The molecule has 0 spiro atoms. The van der Waals surface area contributed by atoms with E-state index < -0.39 is 16.7 Å². The second kappa shape index (κ2) is 10.1. The number of aryl methyl sites for hydroxylation is 1. The maximum absolute atomic E-state index is 12.9. The maximum atomic E-state index is 12.9. The minimum Gasteiger partial charge on any atom is -0.385 e. The summed E-state index contributed by atoms with van der Waals surface area (Å²) in [6, 6.07) is 3.60. The van der Waals surface area contributed by atoms with Gasteiger partial charge in [-0.25, -0.2) is 4.98 Å². The van der Waals surface area contributed by atoms with Gasteiger partial charge in [0, 0.05) is 37.8 Å². The zero-order valence-electron chi connectivity index (χ0n) is 15.3. The molecule has 28 heavy (non-hydrogen) atoms. The van der Waals surface area contributed by atoms with Gasteiger partial charge in [0.05, 0.1) is 21.2 Å². The number of carbonyl (C=O) groups excluding carboxylic acids is 2. The summed E-state index contributed by atoms with van der Waals surface area (Å²) in [5.41, 5.74) is 0.651. The molecule has 0 bridgehead atoms. The van der Waals surface area contributed by atoms with E-state index in [-0.39, 0.29) is 29.4 Å². The molecule has 1 heterocycles. The van der Waals surface area contributed by atoms with Crippen LogP contribution in [0.25, 0.3) is 0 Å². The Morgan fingerprint density at radius 2 is 2.18 bits per heavy atom. The first kappa shape index (κ1) is 21.7. The highest BCUT2D eigenvalue weighted by atomic mass is 35.5. The molecule has 1 aromatic heterocycles. The van der Waals surface area contributed by atoms with Gasteiger partial charge in [-0.15, -0.1) is 11.3 Å². The number of aromatic nitrogens is 1. The molecule has 9 nitrogen and oxygen atoms in total. The number of ether oxygens (including phenoxy) is 1. The molecular formula is C17H19ClN4O5S. The molecule has 1 N–H and O–H groups in total. The number of nitrogens with one attached hydrogen (secondary N) is 1. The van der Waals surface area contributed by atoms with Gasteiger partial charge in [0.2, 0.25) is 5.91 Å². The molecular weight excluding hydrogens is 408 g/mol. The number of hydrogen-bond acceptors (Lipinski definition) is 7. The van der Waals surface area contributed by atoms with Crippen LogP contribution in [-0.4, -0.2) is 53.4 Å². The van der Waals surface area contributed by atoms with Gasteiger partial charge < -0.3 is 15.0 Å². The number of nitro groups is 1. The summed E-state index contributed by atoms with van der Waals surface area (Å²) in [6.07, 6.45) is 0.510. The lowest BCUT2D eigenvalue weighted by molar-refractivity contribution is -0.384. The number of halogens is 1. The first-order chi connectivity index (χ1) is 13.3. The van der Waals surface area contributed by atoms with Gasteiger partial charge >= 0.3 is 0 Å². The Morgan fingerprint density at radius 1 is 1.43 bits per heavy atom. The fourth-order valence-electron chi connectivity index (χ4n) is 2.36. The maximum Gasteiger partial charge on any atom is 0.270 e. The molecule has 11 heteroatoms. The van der Waals surface area contributed by atoms with Crippen LogP contribution in [0, 0.1) is 17.0 Å². The van der Waals surface area contributed by atoms with Gasteiger partial charge in [-0.05, 0) is 19.4 Å². The van der Waals surface area contributed by atoms with E-state index in [1.165, 1.54) is 35.5 Å². The summed E-state index contributed by atoms with van der Waals surface area (Å²) < 4.78 is 5.00. The Morgan fingerprint density at radius 3 is 2.75 bits per heavy atom. The van der Waals surface area contributed by atoms with E-state index >= 15 is 0 Å². The van der Waals surface area contributed by atoms with Crippen molar-refractivity contribution in [1.82, 2.24) is 9.88 Å². The van der Waals surface area contributed by atoms with Crippen LogP contribution < -0.4 is 5.32 Å². The highest BCUT2D eigenvalue weighted by Gasteiger charge is 2.22. The Balaban J connectivity index is 2.15. The van der Waals surface area contributed by atoms with Gasteiger partial charge in [0.25, 0.3) is 11.6 Å². The van der Waals surface area contributed by atoms with Crippen LogP contribution in [0.2, 0.25) is 5.02 Å². The second-order valence-corrected chi connectivity index (χ2v) is 7.10. The molecule has 0 unspecified atom stereocenters. The average Bonchev–Trinajstić information content (AvgIpc) is 3.04. The lowest BCUT2D eigenvalue weighted by Crippen LogP contribution is -2.39. The van der Waals surface area contributed by atoms with E-state index in [1.807, 2.05) is 6.92 Å². The molecule has 0 saturated heterocycles.